The molecule has 0 aromatic carbocycles. The van der Waals surface area contributed by atoms with Gasteiger partial charge in [-0.1, -0.05) is 0 Å². The van der Waals surface area contributed by atoms with Crippen molar-refractivity contribution in [1.82, 2.24) is 10.8 Å². The van der Waals surface area contributed by atoms with E-state index in [1.807, 2.05) is 5.48 Å². The number of hydrogen-bond acceptors (Lipinski definition) is 4. The lowest BCUT2D eigenvalue weighted by Gasteiger charge is -1.97. The Bertz CT molecular complexity index is 85.9. The molecule has 0 fully saturated rings. The van der Waals surface area contributed by atoms with Crippen molar-refractivity contribution in [2.45, 2.75) is 0 Å². The Morgan fingerprint density at radius 1 is 1.44 bits per heavy atom. The summed E-state index contributed by atoms with van der Waals surface area (Å²) in [5.41, 5.74) is 1.89. The average molecular weight is 134 g/mol. The molecule has 0 saturated heterocycles. The quantitative estimate of drug-likeness (QED) is 0.276. The van der Waals surface area contributed by atoms with Crippen molar-refractivity contribution in [3.8, 4) is 0 Å². The fraction of sp³-hybridized carbons (Fsp3) is 0.750. The largest absolute Gasteiger partial charge is 0.480 e. The number of hydroxylamine groups is 1. The van der Waals surface area contributed by atoms with E-state index in [1.54, 1.807) is 0 Å². The molecule has 0 atom stereocenters. The topological polar surface area (TPSA) is 81.6 Å². The average Bonchev–Trinajstić information content (AvgIpc) is 1.80. The summed E-state index contributed by atoms with van der Waals surface area (Å²) in [6, 6.07) is 0. The van der Waals surface area contributed by atoms with Gasteiger partial charge in [0.2, 0.25) is 0 Å². The maximum Gasteiger partial charge on any atom is 0.317 e. The van der Waals surface area contributed by atoms with Gasteiger partial charge in [-0.2, -0.15) is 0 Å². The van der Waals surface area contributed by atoms with Gasteiger partial charge in [-0.05, 0) is 0 Å². The molecule has 0 aliphatic heterocycles. The molecular weight excluding hydrogens is 124 g/mol. The van der Waals surface area contributed by atoms with Gasteiger partial charge in [-0.25, -0.2) is 5.48 Å². The SMILES string of the molecule is O=C(O)CNCCNO. The van der Waals surface area contributed by atoms with Crippen LogP contribution in [0.25, 0.3) is 0 Å². The van der Waals surface area contributed by atoms with Crippen LogP contribution in [0.2, 0.25) is 0 Å². The Hall–Kier alpha value is -0.650. The van der Waals surface area contributed by atoms with E-state index in [-0.39, 0.29) is 6.54 Å². The van der Waals surface area contributed by atoms with Crippen LogP contribution in [0.5, 0.6) is 0 Å². The third-order valence-corrected chi connectivity index (χ3v) is 0.690. The van der Waals surface area contributed by atoms with Crippen LogP contribution in [-0.4, -0.2) is 35.9 Å². The van der Waals surface area contributed by atoms with Crippen molar-refractivity contribution in [3.63, 3.8) is 0 Å². The lowest BCUT2D eigenvalue weighted by molar-refractivity contribution is -0.135. The number of hydrogen-bond donors (Lipinski definition) is 4. The van der Waals surface area contributed by atoms with E-state index in [0.29, 0.717) is 13.1 Å². The van der Waals surface area contributed by atoms with Gasteiger partial charge in [0.15, 0.2) is 0 Å². The highest BCUT2D eigenvalue weighted by Crippen LogP contribution is 1.58. The molecule has 0 aromatic heterocycles. The summed E-state index contributed by atoms with van der Waals surface area (Å²) in [4.78, 5) is 9.82. The molecule has 0 aliphatic carbocycles. The number of nitrogens with one attached hydrogen (secondary N) is 2. The molecule has 4 N–H and O–H groups in total. The molecule has 5 heteroatoms. The van der Waals surface area contributed by atoms with Crippen molar-refractivity contribution >= 4 is 5.97 Å². The molecule has 0 spiro atoms. The van der Waals surface area contributed by atoms with Crippen LogP contribution in [0, 0.1) is 0 Å². The summed E-state index contributed by atoms with van der Waals surface area (Å²) in [6.45, 7) is 0.734. The Kier molecular flexibility index (Phi) is 5.09. The first-order valence-corrected chi connectivity index (χ1v) is 2.57. The van der Waals surface area contributed by atoms with Crippen molar-refractivity contribution in [3.05, 3.63) is 0 Å². The zero-order valence-corrected chi connectivity index (χ0v) is 4.92. The Labute approximate surface area is 52.6 Å². The lowest BCUT2D eigenvalue weighted by Crippen LogP contribution is -2.29. The summed E-state index contributed by atoms with van der Waals surface area (Å²) in [7, 11) is 0. The normalized spacial score (nSPS) is 9.44. The summed E-state index contributed by atoms with van der Waals surface area (Å²) < 4.78 is 0. The molecule has 0 saturated carbocycles. The molecule has 0 aliphatic rings. The molecule has 5 nitrogen and oxygen atoms in total. The molecule has 0 bridgehead atoms. The Balaban J connectivity index is 2.83. The number of rotatable bonds is 5. The third-order valence-electron chi connectivity index (χ3n) is 0.690. The van der Waals surface area contributed by atoms with Gasteiger partial charge in [0.05, 0.1) is 6.54 Å². The van der Waals surface area contributed by atoms with Gasteiger partial charge in [0.25, 0.3) is 0 Å². The van der Waals surface area contributed by atoms with Crippen LogP contribution in [-0.2, 0) is 4.79 Å². The molecular formula is C4H10N2O3. The fourth-order valence-corrected chi connectivity index (χ4v) is 0.340. The number of aliphatic carboxylic acids is 1. The second kappa shape index (κ2) is 5.49. The first kappa shape index (κ1) is 8.35. The number of carboxylic acid groups (broad SMARTS) is 1. The summed E-state index contributed by atoms with van der Waals surface area (Å²) in [5, 5.41) is 18.6. The molecule has 9 heavy (non-hydrogen) atoms. The highest BCUT2D eigenvalue weighted by atomic mass is 16.5. The van der Waals surface area contributed by atoms with E-state index in [1.165, 1.54) is 0 Å². The van der Waals surface area contributed by atoms with Crippen LogP contribution >= 0.6 is 0 Å². The van der Waals surface area contributed by atoms with E-state index in [9.17, 15) is 4.79 Å². The molecule has 0 radical (unpaired) electrons. The highest BCUT2D eigenvalue weighted by molar-refractivity contribution is 5.68. The van der Waals surface area contributed by atoms with E-state index in [2.05, 4.69) is 5.32 Å². The predicted octanol–water partition coefficient (Wildman–Crippen LogP) is -1.36. The molecule has 0 amide bonds. The van der Waals surface area contributed by atoms with Crippen LogP contribution in [0.15, 0.2) is 0 Å². The zero-order chi connectivity index (χ0) is 7.11. The van der Waals surface area contributed by atoms with Gasteiger partial charge in [-0.3, -0.25) is 4.79 Å². The summed E-state index contributed by atoms with van der Waals surface area (Å²) >= 11 is 0. The van der Waals surface area contributed by atoms with Crippen molar-refractivity contribution < 1.29 is 15.1 Å². The lowest BCUT2D eigenvalue weighted by atomic mass is 10.6. The van der Waals surface area contributed by atoms with Crippen LogP contribution < -0.4 is 10.8 Å². The van der Waals surface area contributed by atoms with Crippen molar-refractivity contribution in [2.75, 3.05) is 19.6 Å². The number of carboxylic acids is 1. The maximum absolute atomic E-state index is 9.82. The standard InChI is InChI=1S/C4H10N2O3/c7-4(8)3-5-1-2-6-9/h5-6,9H,1-3H2,(H,7,8). The predicted molar refractivity (Wildman–Crippen MR) is 30.3 cm³/mol. The van der Waals surface area contributed by atoms with Gasteiger partial charge < -0.3 is 15.6 Å². The molecule has 0 unspecified atom stereocenters. The molecule has 0 rings (SSSR count). The zero-order valence-electron chi connectivity index (χ0n) is 4.92. The second-order valence-corrected chi connectivity index (χ2v) is 1.48. The van der Waals surface area contributed by atoms with Gasteiger partial charge in [0, 0.05) is 13.1 Å². The second-order valence-electron chi connectivity index (χ2n) is 1.48. The number of carbonyl (C=O) groups is 1. The highest BCUT2D eigenvalue weighted by Gasteiger charge is 1.91. The smallest absolute Gasteiger partial charge is 0.317 e. The Morgan fingerprint density at radius 2 is 2.11 bits per heavy atom. The summed E-state index contributed by atoms with van der Waals surface area (Å²) in [5.74, 6) is -0.895. The van der Waals surface area contributed by atoms with Crippen molar-refractivity contribution in [1.29, 1.82) is 0 Å². The van der Waals surface area contributed by atoms with Crippen LogP contribution in [0.4, 0.5) is 0 Å². The molecule has 54 valence electrons. The van der Waals surface area contributed by atoms with E-state index >= 15 is 0 Å². The maximum atomic E-state index is 9.82. The van der Waals surface area contributed by atoms with Crippen LogP contribution in [0.3, 0.4) is 0 Å². The monoisotopic (exact) mass is 134 g/mol. The minimum Gasteiger partial charge on any atom is -0.480 e. The molecule has 0 aromatic rings. The van der Waals surface area contributed by atoms with Gasteiger partial charge >= 0.3 is 5.97 Å². The van der Waals surface area contributed by atoms with E-state index in [0.717, 1.165) is 0 Å². The van der Waals surface area contributed by atoms with E-state index < -0.39 is 5.97 Å². The first-order chi connectivity index (χ1) is 4.27. The first-order valence-electron chi connectivity index (χ1n) is 2.57. The minimum absolute atomic E-state index is 0.0678. The Morgan fingerprint density at radius 3 is 2.56 bits per heavy atom. The van der Waals surface area contributed by atoms with Crippen LogP contribution in [0.1, 0.15) is 0 Å². The van der Waals surface area contributed by atoms with Gasteiger partial charge in [0.1, 0.15) is 0 Å². The summed E-state index contributed by atoms with van der Waals surface area (Å²) in [6.07, 6.45) is 0. The van der Waals surface area contributed by atoms with Gasteiger partial charge in [-0.15, -0.1) is 0 Å². The minimum atomic E-state index is -0.895. The van der Waals surface area contributed by atoms with Crippen molar-refractivity contribution in [2.24, 2.45) is 0 Å². The third kappa shape index (κ3) is 7.35. The fourth-order valence-electron chi connectivity index (χ4n) is 0.340. The van der Waals surface area contributed by atoms with E-state index in [4.69, 9.17) is 10.3 Å². The molecule has 0 heterocycles.